The number of amides is 1. The Morgan fingerprint density at radius 1 is 1.20 bits per heavy atom. The Bertz CT molecular complexity index is 579. The molecule has 20 heavy (non-hydrogen) atoms. The Morgan fingerprint density at radius 3 is 2.60 bits per heavy atom. The first kappa shape index (κ1) is 13.9. The van der Waals surface area contributed by atoms with Crippen molar-refractivity contribution in [2.45, 2.75) is 13.3 Å². The fraction of sp³-hybridized carbons (Fsp3) is 0.188. The SMILES string of the molecule is CCOc1ccc(CC(=O)Nc2cccc(N)c2)cc1. The highest BCUT2D eigenvalue weighted by Gasteiger charge is 2.04. The largest absolute Gasteiger partial charge is 0.494 e. The number of anilines is 2. The minimum absolute atomic E-state index is 0.0697. The second-order valence-electron chi connectivity index (χ2n) is 4.43. The molecule has 0 aliphatic heterocycles. The number of ether oxygens (including phenoxy) is 1. The van der Waals surface area contributed by atoms with Crippen LogP contribution in [0.25, 0.3) is 0 Å². The summed E-state index contributed by atoms with van der Waals surface area (Å²) in [4.78, 5) is 11.9. The molecule has 0 saturated carbocycles. The van der Waals surface area contributed by atoms with Gasteiger partial charge in [-0.1, -0.05) is 18.2 Å². The van der Waals surface area contributed by atoms with Crippen LogP contribution >= 0.6 is 0 Å². The molecule has 0 aliphatic rings. The number of nitrogen functional groups attached to an aromatic ring is 1. The van der Waals surface area contributed by atoms with Gasteiger partial charge >= 0.3 is 0 Å². The summed E-state index contributed by atoms with van der Waals surface area (Å²) in [5.41, 5.74) is 7.94. The first-order valence-electron chi connectivity index (χ1n) is 6.54. The number of benzene rings is 2. The number of carbonyl (C=O) groups is 1. The van der Waals surface area contributed by atoms with Gasteiger partial charge in [-0.3, -0.25) is 4.79 Å². The number of rotatable bonds is 5. The first-order valence-corrected chi connectivity index (χ1v) is 6.54. The van der Waals surface area contributed by atoms with Gasteiger partial charge in [0.1, 0.15) is 5.75 Å². The third kappa shape index (κ3) is 4.02. The van der Waals surface area contributed by atoms with Crippen LogP contribution in [0.15, 0.2) is 48.5 Å². The van der Waals surface area contributed by atoms with E-state index >= 15 is 0 Å². The van der Waals surface area contributed by atoms with Crippen molar-refractivity contribution in [3.63, 3.8) is 0 Å². The zero-order valence-electron chi connectivity index (χ0n) is 11.4. The fourth-order valence-corrected chi connectivity index (χ4v) is 1.88. The Balaban J connectivity index is 1.94. The Kier molecular flexibility index (Phi) is 4.60. The number of carbonyl (C=O) groups excluding carboxylic acids is 1. The number of hydrogen-bond acceptors (Lipinski definition) is 3. The van der Waals surface area contributed by atoms with Gasteiger partial charge in [0.05, 0.1) is 13.0 Å². The van der Waals surface area contributed by atoms with E-state index in [9.17, 15) is 4.79 Å². The molecule has 0 aromatic heterocycles. The van der Waals surface area contributed by atoms with Crippen molar-refractivity contribution in [2.75, 3.05) is 17.7 Å². The van der Waals surface area contributed by atoms with Gasteiger partial charge < -0.3 is 15.8 Å². The summed E-state index contributed by atoms with van der Waals surface area (Å²) < 4.78 is 5.36. The number of hydrogen-bond donors (Lipinski definition) is 2. The van der Waals surface area contributed by atoms with E-state index in [1.807, 2.05) is 43.3 Å². The highest BCUT2D eigenvalue weighted by Crippen LogP contribution is 2.14. The molecule has 0 saturated heterocycles. The van der Waals surface area contributed by atoms with E-state index in [1.54, 1.807) is 12.1 Å². The molecule has 0 radical (unpaired) electrons. The van der Waals surface area contributed by atoms with Crippen LogP contribution in [0, 0.1) is 0 Å². The molecule has 1 amide bonds. The van der Waals surface area contributed by atoms with E-state index in [2.05, 4.69) is 5.32 Å². The lowest BCUT2D eigenvalue weighted by Gasteiger charge is -2.07. The van der Waals surface area contributed by atoms with Gasteiger partial charge in [-0.25, -0.2) is 0 Å². The summed E-state index contributed by atoms with van der Waals surface area (Å²) in [6, 6.07) is 14.7. The molecule has 0 unspecified atom stereocenters. The molecule has 0 fully saturated rings. The topological polar surface area (TPSA) is 64.3 Å². The van der Waals surface area contributed by atoms with E-state index in [-0.39, 0.29) is 5.91 Å². The Morgan fingerprint density at radius 2 is 1.95 bits per heavy atom. The monoisotopic (exact) mass is 270 g/mol. The van der Waals surface area contributed by atoms with Crippen molar-refractivity contribution < 1.29 is 9.53 Å². The molecule has 0 bridgehead atoms. The minimum atomic E-state index is -0.0697. The summed E-state index contributed by atoms with van der Waals surface area (Å²) in [6.45, 7) is 2.57. The minimum Gasteiger partial charge on any atom is -0.494 e. The highest BCUT2D eigenvalue weighted by atomic mass is 16.5. The first-order chi connectivity index (χ1) is 9.67. The van der Waals surface area contributed by atoms with E-state index in [0.717, 1.165) is 11.3 Å². The van der Waals surface area contributed by atoms with E-state index in [0.29, 0.717) is 24.4 Å². The van der Waals surface area contributed by atoms with E-state index in [1.165, 1.54) is 0 Å². The molecule has 4 nitrogen and oxygen atoms in total. The molecular formula is C16H18N2O2. The van der Waals surface area contributed by atoms with Crippen molar-refractivity contribution in [1.29, 1.82) is 0 Å². The summed E-state index contributed by atoms with van der Waals surface area (Å²) in [6.07, 6.45) is 0.321. The van der Waals surface area contributed by atoms with Crippen molar-refractivity contribution in [2.24, 2.45) is 0 Å². The van der Waals surface area contributed by atoms with Crippen LogP contribution in [-0.4, -0.2) is 12.5 Å². The van der Waals surface area contributed by atoms with E-state index < -0.39 is 0 Å². The van der Waals surface area contributed by atoms with Gasteiger partial charge in [-0.2, -0.15) is 0 Å². The lowest BCUT2D eigenvalue weighted by Crippen LogP contribution is -2.14. The van der Waals surface area contributed by atoms with Gasteiger partial charge in [-0.15, -0.1) is 0 Å². The van der Waals surface area contributed by atoms with Crippen molar-refractivity contribution >= 4 is 17.3 Å². The highest BCUT2D eigenvalue weighted by molar-refractivity contribution is 5.92. The Hall–Kier alpha value is -2.49. The molecule has 0 spiro atoms. The summed E-state index contributed by atoms with van der Waals surface area (Å²) in [7, 11) is 0. The van der Waals surface area contributed by atoms with Crippen LogP contribution < -0.4 is 15.8 Å². The lowest BCUT2D eigenvalue weighted by molar-refractivity contribution is -0.115. The molecule has 2 aromatic carbocycles. The maximum atomic E-state index is 11.9. The normalized spacial score (nSPS) is 10.1. The van der Waals surface area contributed by atoms with Crippen molar-refractivity contribution in [3.05, 3.63) is 54.1 Å². The van der Waals surface area contributed by atoms with E-state index in [4.69, 9.17) is 10.5 Å². The summed E-state index contributed by atoms with van der Waals surface area (Å²) in [5.74, 6) is 0.743. The second-order valence-corrected chi connectivity index (χ2v) is 4.43. The zero-order valence-corrected chi connectivity index (χ0v) is 11.4. The van der Waals surface area contributed by atoms with Gasteiger partial charge in [0.15, 0.2) is 0 Å². The van der Waals surface area contributed by atoms with Gasteiger partial charge in [0.2, 0.25) is 5.91 Å². The van der Waals surface area contributed by atoms with Crippen LogP contribution in [0.2, 0.25) is 0 Å². The molecule has 2 aromatic rings. The lowest BCUT2D eigenvalue weighted by atomic mass is 10.1. The predicted octanol–water partition coefficient (Wildman–Crippen LogP) is 2.85. The molecule has 0 atom stereocenters. The third-order valence-corrected chi connectivity index (χ3v) is 2.77. The van der Waals surface area contributed by atoms with Crippen molar-refractivity contribution in [1.82, 2.24) is 0 Å². The van der Waals surface area contributed by atoms with Crippen LogP contribution in [0.4, 0.5) is 11.4 Å². The second kappa shape index (κ2) is 6.61. The fourth-order valence-electron chi connectivity index (χ4n) is 1.88. The van der Waals surface area contributed by atoms with Gasteiger partial charge in [0, 0.05) is 11.4 Å². The molecule has 0 heterocycles. The molecule has 0 aliphatic carbocycles. The third-order valence-electron chi connectivity index (χ3n) is 2.77. The number of nitrogens with one attached hydrogen (secondary N) is 1. The summed E-state index contributed by atoms with van der Waals surface area (Å²) >= 11 is 0. The van der Waals surface area contributed by atoms with Crippen molar-refractivity contribution in [3.8, 4) is 5.75 Å². The Labute approximate surface area is 118 Å². The van der Waals surface area contributed by atoms with Crippen LogP contribution in [-0.2, 0) is 11.2 Å². The number of nitrogens with two attached hydrogens (primary N) is 1. The average Bonchev–Trinajstić information content (AvgIpc) is 2.41. The zero-order chi connectivity index (χ0) is 14.4. The standard InChI is InChI=1S/C16H18N2O2/c1-2-20-15-8-6-12(7-9-15)10-16(19)18-14-5-3-4-13(17)11-14/h3-9,11H,2,10,17H2,1H3,(H,18,19). The quantitative estimate of drug-likeness (QED) is 0.821. The molecule has 2 rings (SSSR count). The molecule has 104 valence electrons. The van der Waals surface area contributed by atoms with Gasteiger partial charge in [0.25, 0.3) is 0 Å². The predicted molar refractivity (Wildman–Crippen MR) is 80.8 cm³/mol. The van der Waals surface area contributed by atoms with Crippen LogP contribution in [0.1, 0.15) is 12.5 Å². The molecule has 3 N–H and O–H groups in total. The van der Waals surface area contributed by atoms with Crippen LogP contribution in [0.3, 0.4) is 0 Å². The molecule has 4 heteroatoms. The smallest absolute Gasteiger partial charge is 0.228 e. The average molecular weight is 270 g/mol. The summed E-state index contributed by atoms with van der Waals surface area (Å²) in [5, 5.41) is 2.82. The molecular weight excluding hydrogens is 252 g/mol. The van der Waals surface area contributed by atoms with Gasteiger partial charge in [-0.05, 0) is 42.8 Å². The maximum Gasteiger partial charge on any atom is 0.228 e. The van der Waals surface area contributed by atoms with Crippen LogP contribution in [0.5, 0.6) is 5.75 Å². The maximum absolute atomic E-state index is 11.9.